The number of nitrogens with one attached hydrogen (secondary N) is 5. The van der Waals surface area contributed by atoms with Crippen molar-refractivity contribution in [3.05, 3.63) is 64.5 Å². The van der Waals surface area contributed by atoms with Gasteiger partial charge in [0.05, 0.1) is 24.6 Å². The van der Waals surface area contributed by atoms with Crippen LogP contribution in [0.1, 0.15) is 0 Å². The van der Waals surface area contributed by atoms with Crippen LogP contribution in [-0.2, 0) is 4.74 Å². The first-order valence-electron chi connectivity index (χ1n) is 10.4. The van der Waals surface area contributed by atoms with Gasteiger partial charge in [-0.05, 0) is 42.0 Å². The maximum atomic E-state index is 6.05. The number of allylic oxidation sites excluding steroid dienone is 2. The van der Waals surface area contributed by atoms with Gasteiger partial charge in [-0.25, -0.2) is 10.4 Å². The van der Waals surface area contributed by atoms with Crippen molar-refractivity contribution in [3.8, 4) is 0 Å². The molecule has 1 aromatic carbocycles. The fourth-order valence-corrected chi connectivity index (χ4v) is 4.30. The van der Waals surface area contributed by atoms with Gasteiger partial charge in [0.2, 0.25) is 0 Å². The highest BCUT2D eigenvalue weighted by Gasteiger charge is 2.32. The molecule has 0 bridgehead atoms. The monoisotopic (exact) mass is 429 g/mol. The SMILES string of the molecule is CN1NCC2=CC=C(C3=CC(Nc4ccc(Cl)cc4)NC(N4CCOCC4)N3)NC21. The molecule has 0 aromatic heterocycles. The largest absolute Gasteiger partial charge is 0.379 e. The van der Waals surface area contributed by atoms with E-state index in [1.807, 2.05) is 24.3 Å². The number of morpholine rings is 1. The molecule has 1 aromatic rings. The van der Waals surface area contributed by atoms with Crippen molar-refractivity contribution < 1.29 is 4.74 Å². The fraction of sp³-hybridized carbons (Fsp3) is 0.429. The predicted molar refractivity (Wildman–Crippen MR) is 118 cm³/mol. The molecule has 4 heterocycles. The first-order chi connectivity index (χ1) is 14.7. The van der Waals surface area contributed by atoms with Crippen LogP contribution in [-0.4, -0.2) is 68.4 Å². The number of rotatable bonds is 4. The standard InChI is InChI=1S/C21H28ClN7O/c1-28-20-14(13-23-28)2-7-17(25-20)18-12-19(24-16-5-3-15(22)4-6-16)27-21(26-18)29-8-10-30-11-9-29/h2-7,12,19-21,23-27H,8-11,13H2,1H3. The summed E-state index contributed by atoms with van der Waals surface area (Å²) >= 11 is 6.05. The Labute approximate surface area is 181 Å². The van der Waals surface area contributed by atoms with Crippen molar-refractivity contribution in [1.29, 1.82) is 0 Å². The van der Waals surface area contributed by atoms with Crippen LogP contribution in [0.15, 0.2) is 59.5 Å². The molecule has 3 atom stereocenters. The number of ether oxygens (including phenoxy) is 1. The van der Waals surface area contributed by atoms with Gasteiger partial charge in [-0.15, -0.1) is 0 Å². The Kier molecular flexibility index (Phi) is 5.68. The van der Waals surface area contributed by atoms with Crippen molar-refractivity contribution in [2.75, 3.05) is 45.2 Å². The molecule has 2 saturated heterocycles. The second kappa shape index (κ2) is 8.58. The third-order valence-electron chi connectivity index (χ3n) is 5.86. The van der Waals surface area contributed by atoms with Gasteiger partial charge in [-0.3, -0.25) is 10.2 Å². The number of benzene rings is 1. The Morgan fingerprint density at radius 1 is 1.07 bits per heavy atom. The van der Waals surface area contributed by atoms with Crippen LogP contribution >= 0.6 is 11.6 Å². The van der Waals surface area contributed by atoms with E-state index in [1.165, 1.54) is 5.57 Å². The van der Waals surface area contributed by atoms with Gasteiger partial charge in [0.15, 0.2) is 0 Å². The summed E-state index contributed by atoms with van der Waals surface area (Å²) in [5, 5.41) is 17.4. The van der Waals surface area contributed by atoms with Crippen molar-refractivity contribution in [1.82, 2.24) is 31.3 Å². The van der Waals surface area contributed by atoms with Crippen molar-refractivity contribution >= 4 is 17.3 Å². The molecule has 8 nitrogen and oxygen atoms in total. The van der Waals surface area contributed by atoms with Gasteiger partial charge in [-0.1, -0.05) is 17.7 Å². The lowest BCUT2D eigenvalue weighted by Crippen LogP contribution is -2.63. The number of anilines is 1. The number of dihydropyridines is 1. The number of fused-ring (bicyclic) bond motifs is 1. The first kappa shape index (κ1) is 19.9. The number of hydrogen-bond donors (Lipinski definition) is 5. The third-order valence-corrected chi connectivity index (χ3v) is 6.11. The predicted octanol–water partition coefficient (Wildman–Crippen LogP) is 0.960. The van der Waals surface area contributed by atoms with E-state index < -0.39 is 0 Å². The van der Waals surface area contributed by atoms with Crippen LogP contribution in [0, 0.1) is 0 Å². The van der Waals surface area contributed by atoms with Gasteiger partial charge < -0.3 is 20.7 Å². The second-order valence-corrected chi connectivity index (χ2v) is 8.32. The minimum Gasteiger partial charge on any atom is -0.379 e. The molecule has 4 aliphatic rings. The molecule has 3 unspecified atom stereocenters. The van der Waals surface area contributed by atoms with E-state index >= 15 is 0 Å². The smallest absolute Gasteiger partial charge is 0.136 e. The molecule has 30 heavy (non-hydrogen) atoms. The van der Waals surface area contributed by atoms with Crippen LogP contribution in [0.3, 0.4) is 0 Å². The van der Waals surface area contributed by atoms with Crippen LogP contribution < -0.4 is 26.7 Å². The summed E-state index contributed by atoms with van der Waals surface area (Å²) in [6.07, 6.45) is 6.70. The number of likely N-dealkylation sites (N-methyl/N-ethyl adjacent to an activating group) is 1. The Balaban J connectivity index is 1.38. The maximum Gasteiger partial charge on any atom is 0.136 e. The van der Waals surface area contributed by atoms with Gasteiger partial charge in [-0.2, -0.15) is 0 Å². The average Bonchev–Trinajstić information content (AvgIpc) is 3.16. The summed E-state index contributed by atoms with van der Waals surface area (Å²) < 4.78 is 5.54. The minimum absolute atomic E-state index is 0.00575. The van der Waals surface area contributed by atoms with E-state index in [4.69, 9.17) is 16.3 Å². The first-order valence-corrected chi connectivity index (χ1v) is 10.8. The molecular formula is C21H28ClN7O. The molecule has 5 rings (SSSR count). The Hall–Kier alpha value is -2.07. The quantitative estimate of drug-likeness (QED) is 0.484. The zero-order valence-corrected chi connectivity index (χ0v) is 17.7. The molecule has 0 radical (unpaired) electrons. The summed E-state index contributed by atoms with van der Waals surface area (Å²) in [5.74, 6) is 0. The Morgan fingerprint density at radius 3 is 2.67 bits per heavy atom. The number of halogens is 1. The lowest BCUT2D eigenvalue weighted by molar-refractivity contribution is -0.000218. The zero-order valence-electron chi connectivity index (χ0n) is 17.0. The Bertz CT molecular complexity index is 863. The van der Waals surface area contributed by atoms with Gasteiger partial charge in [0, 0.05) is 37.4 Å². The maximum absolute atomic E-state index is 6.05. The lowest BCUT2D eigenvalue weighted by Gasteiger charge is -2.42. The summed E-state index contributed by atoms with van der Waals surface area (Å²) in [6, 6.07) is 7.79. The van der Waals surface area contributed by atoms with Crippen molar-refractivity contribution in [2.45, 2.75) is 18.6 Å². The molecule has 4 aliphatic heterocycles. The van der Waals surface area contributed by atoms with E-state index in [2.05, 4.69) is 61.9 Å². The van der Waals surface area contributed by atoms with E-state index in [1.54, 1.807) is 0 Å². The number of hydrazine groups is 1. The summed E-state index contributed by atoms with van der Waals surface area (Å²) in [6.45, 7) is 4.15. The summed E-state index contributed by atoms with van der Waals surface area (Å²) in [7, 11) is 2.06. The molecule has 0 amide bonds. The molecular weight excluding hydrogens is 402 g/mol. The molecule has 0 saturated carbocycles. The van der Waals surface area contributed by atoms with Gasteiger partial charge in [0.25, 0.3) is 0 Å². The Morgan fingerprint density at radius 2 is 1.87 bits per heavy atom. The van der Waals surface area contributed by atoms with Crippen LogP contribution in [0.4, 0.5) is 5.69 Å². The molecule has 0 aliphatic carbocycles. The molecule has 9 heteroatoms. The van der Waals surface area contributed by atoms with Crippen LogP contribution in [0.5, 0.6) is 0 Å². The minimum atomic E-state index is -0.0391. The topological polar surface area (TPSA) is 75.9 Å². The van der Waals surface area contributed by atoms with Crippen molar-refractivity contribution in [2.24, 2.45) is 0 Å². The number of hydrogen-bond acceptors (Lipinski definition) is 8. The summed E-state index contributed by atoms with van der Waals surface area (Å²) in [5.41, 5.74) is 7.88. The van der Waals surface area contributed by atoms with E-state index in [9.17, 15) is 0 Å². The zero-order chi connectivity index (χ0) is 20.5. The highest BCUT2D eigenvalue weighted by atomic mass is 35.5. The highest BCUT2D eigenvalue weighted by molar-refractivity contribution is 6.30. The van der Waals surface area contributed by atoms with Crippen molar-refractivity contribution in [3.63, 3.8) is 0 Å². The normalized spacial score (nSPS) is 29.8. The summed E-state index contributed by atoms with van der Waals surface area (Å²) in [4.78, 5) is 2.38. The third kappa shape index (κ3) is 4.20. The van der Waals surface area contributed by atoms with E-state index in [-0.39, 0.29) is 18.6 Å². The molecule has 2 fully saturated rings. The van der Waals surface area contributed by atoms with Gasteiger partial charge in [0.1, 0.15) is 18.6 Å². The molecule has 160 valence electrons. The second-order valence-electron chi connectivity index (χ2n) is 7.89. The fourth-order valence-electron chi connectivity index (χ4n) is 4.18. The lowest BCUT2D eigenvalue weighted by atomic mass is 10.1. The molecule has 0 spiro atoms. The van der Waals surface area contributed by atoms with E-state index in [0.29, 0.717) is 0 Å². The molecule has 5 N–H and O–H groups in total. The van der Waals surface area contributed by atoms with Crippen LogP contribution in [0.2, 0.25) is 5.02 Å². The highest BCUT2D eigenvalue weighted by Crippen LogP contribution is 2.23. The van der Waals surface area contributed by atoms with Gasteiger partial charge >= 0.3 is 0 Å². The van der Waals surface area contributed by atoms with E-state index in [0.717, 1.165) is 55.0 Å². The van der Waals surface area contributed by atoms with Crippen LogP contribution in [0.25, 0.3) is 0 Å². The number of nitrogens with zero attached hydrogens (tertiary/aromatic N) is 2. The average molecular weight is 430 g/mol.